The molecular weight excluding hydrogens is 156 g/mol. The number of carbonyl (C=O) groups is 1. The smallest absolute Gasteiger partial charge is 0.309 e. The maximum Gasteiger partial charge on any atom is 0.309 e. The summed E-state index contributed by atoms with van der Waals surface area (Å²) in [6.45, 7) is 0. The number of aliphatic carboxylic acids is 1. The Morgan fingerprint density at radius 1 is 1.67 bits per heavy atom. The van der Waals surface area contributed by atoms with E-state index in [1.54, 1.807) is 6.07 Å². The Balaban J connectivity index is 2.80. The first kappa shape index (κ1) is 8.21. The van der Waals surface area contributed by atoms with Gasteiger partial charge >= 0.3 is 5.97 Å². The summed E-state index contributed by atoms with van der Waals surface area (Å²) in [5, 5.41) is 16.8. The SMILES string of the molecule is N#Cc1ccc(CC(=O)O)nc1. The van der Waals surface area contributed by atoms with Gasteiger partial charge in [0.1, 0.15) is 6.07 Å². The van der Waals surface area contributed by atoms with Crippen LogP contribution in [0.25, 0.3) is 0 Å². The lowest BCUT2D eigenvalue weighted by atomic mass is 10.2. The van der Waals surface area contributed by atoms with Crippen molar-refractivity contribution < 1.29 is 9.90 Å². The van der Waals surface area contributed by atoms with Crippen molar-refractivity contribution >= 4 is 5.97 Å². The summed E-state index contributed by atoms with van der Waals surface area (Å²) in [6, 6.07) is 4.98. The van der Waals surface area contributed by atoms with Crippen LogP contribution >= 0.6 is 0 Å². The van der Waals surface area contributed by atoms with Gasteiger partial charge in [0.2, 0.25) is 0 Å². The second-order valence-electron chi connectivity index (χ2n) is 2.22. The number of pyridine rings is 1. The summed E-state index contributed by atoms with van der Waals surface area (Å²) < 4.78 is 0. The summed E-state index contributed by atoms with van der Waals surface area (Å²) in [5.74, 6) is -0.924. The second-order valence-corrected chi connectivity index (χ2v) is 2.22. The normalized spacial score (nSPS) is 8.92. The molecule has 60 valence electrons. The van der Waals surface area contributed by atoms with Gasteiger partial charge in [-0.25, -0.2) is 0 Å². The molecule has 0 spiro atoms. The number of aromatic nitrogens is 1. The molecule has 0 aliphatic rings. The molecule has 1 heterocycles. The average Bonchev–Trinajstić information content (AvgIpc) is 2.05. The van der Waals surface area contributed by atoms with Gasteiger partial charge < -0.3 is 5.11 Å². The molecular formula is C8H6N2O2. The fourth-order valence-corrected chi connectivity index (χ4v) is 0.750. The lowest BCUT2D eigenvalue weighted by molar-refractivity contribution is -0.136. The number of carboxylic acid groups (broad SMARTS) is 1. The van der Waals surface area contributed by atoms with E-state index in [1.807, 2.05) is 6.07 Å². The van der Waals surface area contributed by atoms with Crippen LogP contribution in [-0.4, -0.2) is 16.1 Å². The highest BCUT2D eigenvalue weighted by atomic mass is 16.4. The third-order valence-electron chi connectivity index (χ3n) is 1.29. The van der Waals surface area contributed by atoms with Crippen molar-refractivity contribution in [3.63, 3.8) is 0 Å². The average molecular weight is 162 g/mol. The van der Waals surface area contributed by atoms with Crippen molar-refractivity contribution in [1.29, 1.82) is 5.26 Å². The van der Waals surface area contributed by atoms with Crippen LogP contribution in [0.15, 0.2) is 18.3 Å². The van der Waals surface area contributed by atoms with Gasteiger partial charge in [-0.1, -0.05) is 0 Å². The molecule has 1 N–H and O–H groups in total. The molecule has 0 fully saturated rings. The minimum absolute atomic E-state index is 0.105. The first-order chi connectivity index (χ1) is 5.72. The first-order valence-corrected chi connectivity index (χ1v) is 3.29. The molecule has 1 rings (SSSR count). The molecule has 0 saturated carbocycles. The van der Waals surface area contributed by atoms with Crippen LogP contribution < -0.4 is 0 Å². The lowest BCUT2D eigenvalue weighted by Crippen LogP contribution is -2.01. The summed E-state index contributed by atoms with van der Waals surface area (Å²) >= 11 is 0. The Bertz CT molecular complexity index is 324. The van der Waals surface area contributed by atoms with E-state index < -0.39 is 5.97 Å². The Morgan fingerprint density at radius 2 is 2.42 bits per heavy atom. The number of nitriles is 1. The summed E-state index contributed by atoms with van der Waals surface area (Å²) in [4.78, 5) is 14.0. The number of hydrogen-bond acceptors (Lipinski definition) is 3. The fourth-order valence-electron chi connectivity index (χ4n) is 0.750. The molecule has 4 heteroatoms. The quantitative estimate of drug-likeness (QED) is 0.690. The van der Waals surface area contributed by atoms with Gasteiger partial charge in [0.15, 0.2) is 0 Å². The van der Waals surface area contributed by atoms with Crippen molar-refractivity contribution in [2.45, 2.75) is 6.42 Å². The van der Waals surface area contributed by atoms with Crippen LogP contribution in [0.4, 0.5) is 0 Å². The summed E-state index contributed by atoms with van der Waals surface area (Å²) in [7, 11) is 0. The number of carboxylic acids is 1. The zero-order valence-corrected chi connectivity index (χ0v) is 6.19. The zero-order chi connectivity index (χ0) is 8.97. The highest BCUT2D eigenvalue weighted by Crippen LogP contribution is 1.99. The minimum atomic E-state index is -0.924. The Kier molecular flexibility index (Phi) is 2.38. The summed E-state index contributed by atoms with van der Waals surface area (Å²) in [6.07, 6.45) is 1.25. The molecule has 0 amide bonds. The Hall–Kier alpha value is -1.89. The van der Waals surface area contributed by atoms with E-state index in [1.165, 1.54) is 12.3 Å². The summed E-state index contributed by atoms with van der Waals surface area (Å²) in [5.41, 5.74) is 0.894. The van der Waals surface area contributed by atoms with Crippen LogP contribution in [0.2, 0.25) is 0 Å². The third-order valence-corrected chi connectivity index (χ3v) is 1.29. The van der Waals surface area contributed by atoms with Crippen molar-refractivity contribution in [2.24, 2.45) is 0 Å². The van der Waals surface area contributed by atoms with E-state index >= 15 is 0 Å². The maximum atomic E-state index is 10.2. The molecule has 0 bridgehead atoms. The largest absolute Gasteiger partial charge is 0.481 e. The predicted octanol–water partition coefficient (Wildman–Crippen LogP) is 0.580. The Labute approximate surface area is 69.1 Å². The maximum absolute atomic E-state index is 10.2. The van der Waals surface area contributed by atoms with Gasteiger partial charge in [-0.15, -0.1) is 0 Å². The van der Waals surface area contributed by atoms with Crippen LogP contribution in [0.3, 0.4) is 0 Å². The highest BCUT2D eigenvalue weighted by molar-refractivity contribution is 5.69. The van der Waals surface area contributed by atoms with Gasteiger partial charge in [-0.05, 0) is 12.1 Å². The van der Waals surface area contributed by atoms with Crippen molar-refractivity contribution in [1.82, 2.24) is 4.98 Å². The number of hydrogen-bond donors (Lipinski definition) is 1. The predicted molar refractivity (Wildman–Crippen MR) is 40.3 cm³/mol. The molecule has 1 aromatic rings. The van der Waals surface area contributed by atoms with E-state index in [9.17, 15) is 4.79 Å². The van der Waals surface area contributed by atoms with Crippen molar-refractivity contribution in [2.75, 3.05) is 0 Å². The fraction of sp³-hybridized carbons (Fsp3) is 0.125. The van der Waals surface area contributed by atoms with E-state index in [-0.39, 0.29) is 6.42 Å². The van der Waals surface area contributed by atoms with Gasteiger partial charge in [0, 0.05) is 6.20 Å². The minimum Gasteiger partial charge on any atom is -0.481 e. The van der Waals surface area contributed by atoms with E-state index in [4.69, 9.17) is 10.4 Å². The zero-order valence-electron chi connectivity index (χ0n) is 6.19. The highest BCUT2D eigenvalue weighted by Gasteiger charge is 2.00. The molecule has 0 aliphatic carbocycles. The molecule has 0 aliphatic heterocycles. The molecule has 0 atom stereocenters. The molecule has 0 aromatic carbocycles. The van der Waals surface area contributed by atoms with E-state index in [0.29, 0.717) is 11.3 Å². The number of rotatable bonds is 2. The lowest BCUT2D eigenvalue weighted by Gasteiger charge is -1.94. The van der Waals surface area contributed by atoms with Crippen LogP contribution in [0.1, 0.15) is 11.3 Å². The van der Waals surface area contributed by atoms with Crippen molar-refractivity contribution in [3.8, 4) is 6.07 Å². The molecule has 12 heavy (non-hydrogen) atoms. The monoisotopic (exact) mass is 162 g/mol. The molecule has 0 unspecified atom stereocenters. The van der Waals surface area contributed by atoms with Gasteiger partial charge in [0.25, 0.3) is 0 Å². The second kappa shape index (κ2) is 3.49. The number of nitrogens with zero attached hydrogens (tertiary/aromatic N) is 2. The third kappa shape index (κ3) is 2.06. The standard InChI is InChI=1S/C8H6N2O2/c9-4-6-1-2-7(10-5-6)3-8(11)12/h1-2,5H,3H2,(H,11,12). The van der Waals surface area contributed by atoms with Gasteiger partial charge in [0.05, 0.1) is 17.7 Å². The molecule has 0 radical (unpaired) electrons. The van der Waals surface area contributed by atoms with Crippen molar-refractivity contribution in [3.05, 3.63) is 29.6 Å². The van der Waals surface area contributed by atoms with E-state index in [0.717, 1.165) is 0 Å². The first-order valence-electron chi connectivity index (χ1n) is 3.29. The Morgan fingerprint density at radius 3 is 2.83 bits per heavy atom. The van der Waals surface area contributed by atoms with E-state index in [2.05, 4.69) is 4.98 Å². The molecule has 0 saturated heterocycles. The molecule has 4 nitrogen and oxygen atoms in total. The van der Waals surface area contributed by atoms with Crippen LogP contribution in [0.5, 0.6) is 0 Å². The molecule has 1 aromatic heterocycles. The van der Waals surface area contributed by atoms with Gasteiger partial charge in [-0.2, -0.15) is 5.26 Å². The topological polar surface area (TPSA) is 74.0 Å². The van der Waals surface area contributed by atoms with Crippen LogP contribution in [0, 0.1) is 11.3 Å². The van der Waals surface area contributed by atoms with Gasteiger partial charge in [-0.3, -0.25) is 9.78 Å². The van der Waals surface area contributed by atoms with Crippen LogP contribution in [-0.2, 0) is 11.2 Å².